The Morgan fingerprint density at radius 3 is 2.56 bits per heavy atom. The molecule has 32 heavy (non-hydrogen) atoms. The van der Waals surface area contributed by atoms with Gasteiger partial charge in [0, 0.05) is 29.6 Å². The van der Waals surface area contributed by atoms with Gasteiger partial charge in [0.1, 0.15) is 5.82 Å². The number of rotatable bonds is 4. The molecular formula is C23H26FN5O3. The maximum Gasteiger partial charge on any atom is 0.280 e. The summed E-state index contributed by atoms with van der Waals surface area (Å²) >= 11 is 0. The Labute approximate surface area is 184 Å². The van der Waals surface area contributed by atoms with Gasteiger partial charge in [-0.2, -0.15) is 4.99 Å². The first kappa shape index (κ1) is 21.7. The van der Waals surface area contributed by atoms with Gasteiger partial charge in [0.25, 0.3) is 5.91 Å². The lowest BCUT2D eigenvalue weighted by atomic mass is 9.85. The van der Waals surface area contributed by atoms with Crippen molar-refractivity contribution >= 4 is 22.8 Å². The third-order valence-electron chi connectivity index (χ3n) is 5.76. The minimum Gasteiger partial charge on any atom is -0.493 e. The molecule has 0 bridgehead atoms. The molecule has 1 aliphatic rings. The first-order valence-electron chi connectivity index (χ1n) is 10.8. The Bertz CT molecular complexity index is 1200. The number of nitrogens with one attached hydrogen (secondary N) is 2. The Kier molecular flexibility index (Phi) is 6.07. The molecule has 1 aromatic carbocycles. The molecule has 3 aromatic rings. The highest BCUT2D eigenvalue weighted by Gasteiger charge is 2.29. The van der Waals surface area contributed by atoms with Gasteiger partial charge < -0.3 is 20.0 Å². The van der Waals surface area contributed by atoms with Crippen LogP contribution in [-0.4, -0.2) is 37.5 Å². The van der Waals surface area contributed by atoms with Crippen LogP contribution in [0.5, 0.6) is 5.88 Å². The molecule has 1 saturated carbocycles. The minimum absolute atomic E-state index is 0.00609. The van der Waals surface area contributed by atoms with E-state index in [1.165, 1.54) is 36.5 Å². The van der Waals surface area contributed by atoms with Gasteiger partial charge >= 0.3 is 0 Å². The number of hydrogen-bond acceptors (Lipinski definition) is 4. The van der Waals surface area contributed by atoms with Crippen molar-refractivity contribution in [1.29, 1.82) is 0 Å². The highest BCUT2D eigenvalue weighted by molar-refractivity contribution is 5.94. The van der Waals surface area contributed by atoms with E-state index in [2.05, 4.69) is 20.3 Å². The maximum atomic E-state index is 13.2. The molecule has 0 radical (unpaired) electrons. The van der Waals surface area contributed by atoms with Gasteiger partial charge in [-0.25, -0.2) is 9.37 Å². The van der Waals surface area contributed by atoms with Crippen LogP contribution in [0.25, 0.3) is 11.0 Å². The molecule has 8 nitrogen and oxygen atoms in total. The van der Waals surface area contributed by atoms with Crippen molar-refractivity contribution in [2.24, 2.45) is 10.9 Å². The van der Waals surface area contributed by atoms with Gasteiger partial charge in [0.05, 0.1) is 17.2 Å². The number of aromatic nitrogens is 3. The van der Waals surface area contributed by atoms with Crippen molar-refractivity contribution in [3.63, 3.8) is 0 Å². The van der Waals surface area contributed by atoms with Crippen LogP contribution in [0.4, 0.5) is 4.39 Å². The van der Waals surface area contributed by atoms with Gasteiger partial charge in [-0.15, -0.1) is 0 Å². The number of benzene rings is 1. The van der Waals surface area contributed by atoms with E-state index in [1.807, 2.05) is 18.4 Å². The number of aromatic amines is 1. The summed E-state index contributed by atoms with van der Waals surface area (Å²) in [5, 5.41) is 12.9. The van der Waals surface area contributed by atoms with E-state index in [9.17, 15) is 19.1 Å². The number of hydrogen-bond donors (Lipinski definition) is 3. The molecular weight excluding hydrogens is 413 g/mol. The predicted molar refractivity (Wildman–Crippen MR) is 116 cm³/mol. The third-order valence-corrected chi connectivity index (χ3v) is 5.76. The topological polar surface area (TPSA) is 112 Å². The second-order valence-corrected chi connectivity index (χ2v) is 8.47. The van der Waals surface area contributed by atoms with Gasteiger partial charge in [0.15, 0.2) is 0 Å². The van der Waals surface area contributed by atoms with E-state index in [1.54, 1.807) is 0 Å². The summed E-state index contributed by atoms with van der Waals surface area (Å²) in [6.45, 7) is 3.88. The lowest BCUT2D eigenvalue weighted by molar-refractivity contribution is -0.126. The largest absolute Gasteiger partial charge is 0.493 e. The Balaban J connectivity index is 1.68. The molecule has 4 rings (SSSR count). The van der Waals surface area contributed by atoms with Crippen LogP contribution in [0.3, 0.4) is 0 Å². The van der Waals surface area contributed by atoms with E-state index in [-0.39, 0.29) is 35.4 Å². The molecule has 0 saturated heterocycles. The van der Waals surface area contributed by atoms with Gasteiger partial charge in [-0.3, -0.25) is 9.59 Å². The van der Waals surface area contributed by atoms with Crippen molar-refractivity contribution in [1.82, 2.24) is 19.9 Å². The Morgan fingerprint density at radius 2 is 1.91 bits per heavy atom. The zero-order chi connectivity index (χ0) is 22.8. The van der Waals surface area contributed by atoms with Crippen LogP contribution < -0.4 is 10.9 Å². The molecule has 168 valence electrons. The average molecular weight is 439 g/mol. The second kappa shape index (κ2) is 8.94. The number of H-pyrrole nitrogens is 1. The number of amides is 2. The lowest BCUT2D eigenvalue weighted by Gasteiger charge is -2.29. The van der Waals surface area contributed by atoms with Crippen molar-refractivity contribution < 1.29 is 19.1 Å². The summed E-state index contributed by atoms with van der Waals surface area (Å²) in [5.74, 6) is -1.04. The number of imidazole rings is 1. The Hall–Kier alpha value is -3.49. The van der Waals surface area contributed by atoms with Crippen LogP contribution >= 0.6 is 0 Å². The van der Waals surface area contributed by atoms with Crippen molar-refractivity contribution in [3.8, 4) is 5.88 Å². The number of carbonyl (C=O) groups is 2. The molecule has 0 spiro atoms. The van der Waals surface area contributed by atoms with Gasteiger partial charge in [0.2, 0.25) is 17.4 Å². The smallest absolute Gasteiger partial charge is 0.280 e. The van der Waals surface area contributed by atoms with Crippen LogP contribution in [-0.2, 0) is 4.79 Å². The summed E-state index contributed by atoms with van der Waals surface area (Å²) in [6, 6.07) is 6.83. The van der Waals surface area contributed by atoms with Crippen LogP contribution in [0.15, 0.2) is 41.5 Å². The normalized spacial score (nSPS) is 19.4. The summed E-state index contributed by atoms with van der Waals surface area (Å²) < 4.78 is 15.1. The number of nitrogens with zero attached hydrogens (tertiary/aromatic N) is 3. The predicted octanol–water partition coefficient (Wildman–Crippen LogP) is 3.21. The summed E-state index contributed by atoms with van der Waals surface area (Å²) in [4.78, 5) is 36.4. The van der Waals surface area contributed by atoms with E-state index < -0.39 is 11.7 Å². The van der Waals surface area contributed by atoms with Crippen LogP contribution in [0, 0.1) is 11.7 Å². The quantitative estimate of drug-likeness (QED) is 0.579. The first-order chi connectivity index (χ1) is 15.3. The fourth-order valence-corrected chi connectivity index (χ4v) is 4.23. The molecule has 2 heterocycles. The van der Waals surface area contributed by atoms with Crippen LogP contribution in [0.2, 0.25) is 0 Å². The Morgan fingerprint density at radius 1 is 1.22 bits per heavy atom. The molecule has 1 aliphatic carbocycles. The van der Waals surface area contributed by atoms with Gasteiger partial charge in [-0.05, 0) is 63.8 Å². The molecule has 0 atom stereocenters. The molecule has 0 aliphatic heterocycles. The lowest BCUT2D eigenvalue weighted by Crippen LogP contribution is -2.38. The zero-order valence-electron chi connectivity index (χ0n) is 18.0. The van der Waals surface area contributed by atoms with E-state index in [4.69, 9.17) is 0 Å². The minimum atomic E-state index is -0.507. The third kappa shape index (κ3) is 4.56. The molecule has 3 N–H and O–H groups in total. The van der Waals surface area contributed by atoms with Crippen molar-refractivity contribution in [3.05, 3.63) is 53.5 Å². The van der Waals surface area contributed by atoms with E-state index >= 15 is 0 Å². The number of halogens is 1. The zero-order valence-corrected chi connectivity index (χ0v) is 18.0. The molecule has 9 heteroatoms. The molecule has 2 aromatic heterocycles. The van der Waals surface area contributed by atoms with Crippen LogP contribution in [0.1, 0.15) is 55.9 Å². The first-order valence-corrected chi connectivity index (χ1v) is 10.8. The fraction of sp³-hybridized carbons (Fsp3) is 0.391. The van der Waals surface area contributed by atoms with Crippen molar-refractivity contribution in [2.45, 2.75) is 51.6 Å². The number of fused-ring (bicyclic) bond motifs is 1. The van der Waals surface area contributed by atoms with E-state index in [0.29, 0.717) is 29.5 Å². The standard InChI is InChI=1S/C23H26FN5O3/c1-13(2)26-21(31)15-5-9-17(10-6-15)29-19-11-20(30)25-12-18(19)27-23(29)28-22(32)14-3-7-16(24)8-4-14/h3-4,7-8,11-13,15,17H,5-6,9-10H2,1-2H3,(H,25,30)(H,26,31)(H,27,28,32). The monoisotopic (exact) mass is 439 g/mol. The van der Waals surface area contributed by atoms with E-state index in [0.717, 1.165) is 12.8 Å². The summed E-state index contributed by atoms with van der Waals surface area (Å²) in [6.07, 6.45) is 4.37. The highest BCUT2D eigenvalue weighted by atomic mass is 19.1. The maximum absolute atomic E-state index is 13.2. The molecule has 1 fully saturated rings. The summed E-state index contributed by atoms with van der Waals surface area (Å²) in [7, 11) is 0. The fourth-order valence-electron chi connectivity index (χ4n) is 4.23. The second-order valence-electron chi connectivity index (χ2n) is 8.47. The number of aromatic hydroxyl groups is 1. The van der Waals surface area contributed by atoms with Crippen molar-refractivity contribution in [2.75, 3.05) is 0 Å². The number of pyridine rings is 1. The highest BCUT2D eigenvalue weighted by Crippen LogP contribution is 2.33. The number of carbonyl (C=O) groups excluding carboxylic acids is 2. The summed E-state index contributed by atoms with van der Waals surface area (Å²) in [5.41, 5.74) is 1.91. The average Bonchev–Trinajstić information content (AvgIpc) is 3.10. The SMILES string of the molecule is CC(C)NC(=O)C1CCC(n2/c(=N/C(=O)c3ccc(F)cc3)[nH]c3cnc(O)cc32)CC1. The molecule has 2 amide bonds. The molecule has 0 unspecified atom stereocenters. The van der Waals surface area contributed by atoms with Gasteiger partial charge in [-0.1, -0.05) is 0 Å².